The predicted molar refractivity (Wildman–Crippen MR) is 274 cm³/mol. The van der Waals surface area contributed by atoms with E-state index in [-0.39, 0.29) is 30.1 Å². The number of benzene rings is 1. The number of aliphatic carboxylic acids is 1. The van der Waals surface area contributed by atoms with Crippen molar-refractivity contribution >= 4 is 80.2 Å². The Morgan fingerprint density at radius 1 is 0.726 bits per heavy atom. The monoisotopic (exact) mass is 993 g/mol. The molecule has 0 spiro atoms. The van der Waals surface area contributed by atoms with E-state index in [4.69, 9.17) is 30.0 Å². The van der Waals surface area contributed by atoms with Gasteiger partial charge in [0.05, 0.1) is 30.6 Å². The van der Waals surface area contributed by atoms with Gasteiger partial charge < -0.3 is 35.3 Å². The van der Waals surface area contributed by atoms with E-state index in [1.807, 2.05) is 36.4 Å². The number of carboxylic acid groups (broad SMARTS) is 1. The molecule has 1 aromatic carbocycles. The molecule has 380 valence electrons. The van der Waals surface area contributed by atoms with Crippen LogP contribution in [0.5, 0.6) is 0 Å². The van der Waals surface area contributed by atoms with E-state index in [1.165, 1.54) is 12.4 Å². The molecule has 0 aliphatic carbocycles. The summed E-state index contributed by atoms with van der Waals surface area (Å²) < 4.78 is 0. The van der Waals surface area contributed by atoms with Crippen LogP contribution in [0.3, 0.4) is 0 Å². The third-order valence-electron chi connectivity index (χ3n) is 14.7. The number of aromatic amines is 2. The molecule has 22 heteroatoms. The second kappa shape index (κ2) is 21.4. The van der Waals surface area contributed by atoms with Crippen molar-refractivity contribution in [2.75, 3.05) is 82.6 Å². The van der Waals surface area contributed by atoms with Crippen LogP contribution < -0.4 is 51.0 Å². The number of carbonyl (C=O) groups excluding carboxylic acids is 1. The highest BCUT2D eigenvalue weighted by Crippen LogP contribution is 2.32. The van der Waals surface area contributed by atoms with E-state index in [0.29, 0.717) is 96.0 Å². The molecule has 4 aliphatic rings. The van der Waals surface area contributed by atoms with Crippen molar-refractivity contribution in [3.63, 3.8) is 0 Å². The molecule has 0 amide bonds. The van der Waals surface area contributed by atoms with Crippen molar-refractivity contribution in [1.29, 1.82) is 5.26 Å². The molecule has 4 aliphatic heterocycles. The third-order valence-corrected chi connectivity index (χ3v) is 14.7. The number of hydrogen-bond donors (Lipinski definition) is 5. The molecule has 5 aromatic heterocycles. The maximum absolute atomic E-state index is 13.9. The van der Waals surface area contributed by atoms with Gasteiger partial charge in [0.25, 0.3) is 11.8 Å². The van der Waals surface area contributed by atoms with Crippen molar-refractivity contribution in [1.82, 2.24) is 40.2 Å². The number of pyridine rings is 1. The number of H-pyrrole nitrogens is 2. The van der Waals surface area contributed by atoms with Crippen LogP contribution >= 0.6 is 0 Å². The molecule has 73 heavy (non-hydrogen) atoms. The Kier molecular flexibility index (Phi) is 14.3. The third kappa shape index (κ3) is 11.4. The van der Waals surface area contributed by atoms with Crippen molar-refractivity contribution in [2.45, 2.75) is 78.1 Å². The molecule has 6 aromatic rings. The van der Waals surface area contributed by atoms with Gasteiger partial charge in [-0.15, -0.1) is 0 Å². The van der Waals surface area contributed by atoms with Gasteiger partial charge in [0.2, 0.25) is 11.9 Å². The molecule has 0 saturated carbocycles. The number of nitriles is 1. The Morgan fingerprint density at radius 3 is 1.97 bits per heavy atom. The summed E-state index contributed by atoms with van der Waals surface area (Å²) in [5.74, 6) is 2.63. The van der Waals surface area contributed by atoms with Crippen LogP contribution in [0, 0.1) is 40.9 Å². The lowest BCUT2D eigenvalue weighted by molar-refractivity contribution is -0.915. The lowest BCUT2D eigenvalue weighted by Gasteiger charge is -2.35. The van der Waals surface area contributed by atoms with Gasteiger partial charge in [-0.1, -0.05) is 18.9 Å². The standard InChI is InChI=1S/C51H60N16O6/c1-31-23-32(2)29-66(28-31)51-58-40-30-67(62-49(72)45(40)47(60-51)55-36-3-6-38(7-4-36)63-17-12-34(13-18-63)24-42(68)69)73-43(70)25-35-14-19-64(20-15-35)41-8-5-37(26-53-41)56-46-44-39(27-54-61-48(44)71)57-50(59-46)65-21-10-33(9-16-52)11-22-65/h3-8,26-27,30-35H,9-15,17-25,28-29H2,1-2H3,(H4-,55,56,57,58,59,60,61,62,68,69,71,72)/p+1. The number of carboxylic acids is 1. The summed E-state index contributed by atoms with van der Waals surface area (Å²) in [5.41, 5.74) is 2.22. The van der Waals surface area contributed by atoms with Crippen LogP contribution in [0.1, 0.15) is 78.1 Å². The van der Waals surface area contributed by atoms with Gasteiger partial charge in [0.1, 0.15) is 38.6 Å². The zero-order valence-corrected chi connectivity index (χ0v) is 41.2. The molecule has 2 atom stereocenters. The van der Waals surface area contributed by atoms with Crippen molar-refractivity contribution < 1.29 is 24.4 Å². The van der Waals surface area contributed by atoms with Crippen molar-refractivity contribution in [2.24, 2.45) is 29.6 Å². The zero-order valence-electron chi connectivity index (χ0n) is 41.2. The summed E-state index contributed by atoms with van der Waals surface area (Å²) in [6, 6.07) is 14.0. The fraction of sp³-hybridized carbons (Fsp3) is 0.490. The van der Waals surface area contributed by atoms with E-state index in [1.54, 1.807) is 6.20 Å². The SMILES string of the molecule is CC1CC(C)CN(c2nc(Nc3ccc(N4CCC(CC(=O)O)CC4)cc3)c3c(=O)[nH][n+](OC(=O)CC4CCN(c5ccc(Nc6nc(N7CCC(CC#N)CC7)nc7cn[nH]c(=O)c67)cn5)CC4)cc3n2)C1. The summed E-state index contributed by atoms with van der Waals surface area (Å²) in [4.78, 5) is 91.0. The van der Waals surface area contributed by atoms with Gasteiger partial charge in [-0.05, 0) is 111 Å². The number of carbonyl (C=O) groups is 2. The van der Waals surface area contributed by atoms with Crippen LogP contribution in [0.2, 0.25) is 0 Å². The van der Waals surface area contributed by atoms with E-state index >= 15 is 0 Å². The van der Waals surface area contributed by atoms with Crippen LogP contribution in [-0.2, 0) is 9.59 Å². The molecule has 4 saturated heterocycles. The average molecular weight is 994 g/mol. The van der Waals surface area contributed by atoms with Crippen LogP contribution in [0.15, 0.2) is 64.6 Å². The average Bonchev–Trinajstić information content (AvgIpc) is 3.37. The zero-order chi connectivity index (χ0) is 50.6. The molecule has 0 radical (unpaired) electrons. The van der Waals surface area contributed by atoms with E-state index in [0.717, 1.165) is 93.2 Å². The number of fused-ring (bicyclic) bond motifs is 2. The minimum absolute atomic E-state index is 0.0467. The molecular formula is C51H61N16O6+. The smallest absolute Gasteiger partial charge is 0.383 e. The number of nitrogens with one attached hydrogen (secondary N) is 4. The minimum Gasteiger partial charge on any atom is -0.481 e. The van der Waals surface area contributed by atoms with E-state index in [9.17, 15) is 24.3 Å². The van der Waals surface area contributed by atoms with Gasteiger partial charge in [-0.25, -0.2) is 24.8 Å². The summed E-state index contributed by atoms with van der Waals surface area (Å²) in [7, 11) is 0. The molecular weight excluding hydrogens is 933 g/mol. The second-order valence-electron chi connectivity index (χ2n) is 20.3. The fourth-order valence-corrected chi connectivity index (χ4v) is 10.9. The highest BCUT2D eigenvalue weighted by atomic mass is 16.7. The number of hydrogen-bond acceptors (Lipinski definition) is 18. The molecule has 2 unspecified atom stereocenters. The minimum atomic E-state index is -0.752. The molecule has 10 rings (SSSR count). The van der Waals surface area contributed by atoms with Gasteiger partial charge >= 0.3 is 17.5 Å². The van der Waals surface area contributed by atoms with Gasteiger partial charge in [0, 0.05) is 76.6 Å². The Bertz CT molecular complexity index is 3110. The topological polar surface area (TPSA) is 271 Å². The molecule has 0 bridgehead atoms. The fourth-order valence-electron chi connectivity index (χ4n) is 10.9. The molecule has 5 N–H and O–H groups in total. The normalized spacial score (nSPS) is 19.2. The van der Waals surface area contributed by atoms with E-state index < -0.39 is 23.1 Å². The lowest BCUT2D eigenvalue weighted by Crippen LogP contribution is -2.52. The quantitative estimate of drug-likeness (QED) is 0.0890. The Hall–Kier alpha value is -7.96. The second-order valence-corrected chi connectivity index (χ2v) is 20.3. The number of nitrogens with zero attached hydrogens (tertiary/aromatic N) is 12. The number of piperidine rings is 4. The van der Waals surface area contributed by atoms with Crippen molar-refractivity contribution in [3.8, 4) is 6.07 Å². The lowest BCUT2D eigenvalue weighted by atomic mass is 9.92. The number of rotatable bonds is 14. The Labute approximate surface area is 420 Å². The van der Waals surface area contributed by atoms with Gasteiger partial charge in [-0.3, -0.25) is 14.4 Å². The van der Waals surface area contributed by atoms with E-state index in [2.05, 4.69) is 70.4 Å². The first-order chi connectivity index (χ1) is 35.4. The molecule has 22 nitrogen and oxygen atoms in total. The van der Waals surface area contributed by atoms with Crippen LogP contribution in [-0.4, -0.2) is 110 Å². The highest BCUT2D eigenvalue weighted by molar-refractivity contribution is 5.91. The number of aromatic nitrogens is 9. The first-order valence-electron chi connectivity index (χ1n) is 25.4. The van der Waals surface area contributed by atoms with Crippen LogP contribution in [0.25, 0.3) is 21.8 Å². The highest BCUT2D eigenvalue weighted by Gasteiger charge is 2.30. The summed E-state index contributed by atoms with van der Waals surface area (Å²) in [5, 5.41) is 34.7. The van der Waals surface area contributed by atoms with Gasteiger partial charge in [-0.2, -0.15) is 25.2 Å². The maximum atomic E-state index is 13.9. The molecule has 9 heterocycles. The first-order valence-corrected chi connectivity index (χ1v) is 25.4. The van der Waals surface area contributed by atoms with Crippen molar-refractivity contribution in [3.05, 3.63) is 75.7 Å². The number of anilines is 8. The predicted octanol–water partition coefficient (Wildman–Crippen LogP) is 5.08. The first kappa shape index (κ1) is 48.7. The summed E-state index contributed by atoms with van der Waals surface area (Å²) in [6.45, 7) is 10.3. The maximum Gasteiger partial charge on any atom is 0.383 e. The summed E-state index contributed by atoms with van der Waals surface area (Å²) >= 11 is 0. The van der Waals surface area contributed by atoms with Gasteiger partial charge in [0.15, 0.2) is 5.52 Å². The Balaban J connectivity index is 0.778. The Morgan fingerprint density at radius 2 is 1.32 bits per heavy atom. The molecule has 4 fully saturated rings. The van der Waals surface area contributed by atoms with Crippen LogP contribution in [0.4, 0.5) is 46.4 Å². The summed E-state index contributed by atoms with van der Waals surface area (Å²) in [6.07, 6.45) is 11.5. The largest absolute Gasteiger partial charge is 0.481 e.